The maximum absolute atomic E-state index is 12.0. The van der Waals surface area contributed by atoms with E-state index in [4.69, 9.17) is 0 Å². The van der Waals surface area contributed by atoms with Crippen LogP contribution in [0.25, 0.3) is 0 Å². The Kier molecular flexibility index (Phi) is 3.79. The first kappa shape index (κ1) is 14.1. The van der Waals surface area contributed by atoms with Crippen molar-refractivity contribution in [3.05, 3.63) is 51.2 Å². The van der Waals surface area contributed by atoms with E-state index in [1.54, 1.807) is 13.0 Å². The SMILES string of the molecule is Cc1nc(C)c(C(C)Nc2ccc(C)c(O)c2)c(=O)[nH]1. The van der Waals surface area contributed by atoms with E-state index in [0.717, 1.165) is 11.3 Å². The molecule has 0 aliphatic rings. The first-order valence-electron chi connectivity index (χ1n) is 6.52. The second kappa shape index (κ2) is 5.36. The van der Waals surface area contributed by atoms with E-state index in [1.807, 2.05) is 32.9 Å². The third-order valence-corrected chi connectivity index (χ3v) is 3.29. The van der Waals surface area contributed by atoms with Crippen LogP contribution in [0.3, 0.4) is 0 Å². The molecule has 1 aromatic heterocycles. The molecule has 2 aromatic rings. The lowest BCUT2D eigenvalue weighted by atomic mass is 10.1. The summed E-state index contributed by atoms with van der Waals surface area (Å²) in [6.07, 6.45) is 0. The fourth-order valence-corrected chi connectivity index (χ4v) is 2.27. The first-order valence-corrected chi connectivity index (χ1v) is 6.52. The molecule has 0 fully saturated rings. The zero-order valence-corrected chi connectivity index (χ0v) is 12.1. The quantitative estimate of drug-likeness (QED) is 0.803. The summed E-state index contributed by atoms with van der Waals surface area (Å²) in [4.78, 5) is 19.0. The number of benzene rings is 1. The number of phenols is 1. The molecule has 1 aromatic carbocycles. The summed E-state index contributed by atoms with van der Waals surface area (Å²) < 4.78 is 0. The van der Waals surface area contributed by atoms with Crippen molar-refractivity contribution in [3.63, 3.8) is 0 Å². The Morgan fingerprint density at radius 2 is 2.00 bits per heavy atom. The molecule has 1 heterocycles. The molecule has 5 nitrogen and oxygen atoms in total. The van der Waals surface area contributed by atoms with Crippen LogP contribution in [0.2, 0.25) is 0 Å². The van der Waals surface area contributed by atoms with Gasteiger partial charge in [0.05, 0.1) is 17.3 Å². The minimum atomic E-state index is -0.200. The molecule has 0 radical (unpaired) electrons. The number of aryl methyl sites for hydroxylation is 3. The second-order valence-electron chi connectivity index (χ2n) is 5.02. The van der Waals surface area contributed by atoms with Crippen LogP contribution >= 0.6 is 0 Å². The van der Waals surface area contributed by atoms with Crippen LogP contribution in [0.1, 0.15) is 35.6 Å². The predicted octanol–water partition coefficient (Wildman–Crippen LogP) is 2.57. The molecular weight excluding hydrogens is 254 g/mol. The summed E-state index contributed by atoms with van der Waals surface area (Å²) in [5.41, 5.74) is 2.76. The van der Waals surface area contributed by atoms with Crippen molar-refractivity contribution in [2.45, 2.75) is 33.7 Å². The van der Waals surface area contributed by atoms with Crippen LogP contribution < -0.4 is 10.9 Å². The second-order valence-corrected chi connectivity index (χ2v) is 5.02. The van der Waals surface area contributed by atoms with Crippen LogP contribution in [-0.4, -0.2) is 15.1 Å². The van der Waals surface area contributed by atoms with Crippen molar-refractivity contribution in [1.82, 2.24) is 9.97 Å². The Balaban J connectivity index is 2.30. The normalized spacial score (nSPS) is 12.2. The molecule has 0 saturated carbocycles. The fourth-order valence-electron chi connectivity index (χ4n) is 2.27. The van der Waals surface area contributed by atoms with E-state index in [0.29, 0.717) is 17.1 Å². The molecular formula is C15H19N3O2. The highest BCUT2D eigenvalue weighted by molar-refractivity contribution is 5.52. The first-order chi connectivity index (χ1) is 9.38. The Bertz CT molecular complexity index is 692. The van der Waals surface area contributed by atoms with Gasteiger partial charge in [-0.25, -0.2) is 4.98 Å². The van der Waals surface area contributed by atoms with Gasteiger partial charge in [-0.2, -0.15) is 0 Å². The van der Waals surface area contributed by atoms with Crippen LogP contribution in [0.4, 0.5) is 5.69 Å². The van der Waals surface area contributed by atoms with Crippen molar-refractivity contribution in [1.29, 1.82) is 0 Å². The lowest BCUT2D eigenvalue weighted by Crippen LogP contribution is -2.23. The number of hydrogen-bond donors (Lipinski definition) is 3. The summed E-state index contributed by atoms with van der Waals surface area (Å²) in [6, 6.07) is 5.15. The molecule has 0 aliphatic carbocycles. The van der Waals surface area contributed by atoms with Gasteiger partial charge >= 0.3 is 0 Å². The number of nitrogens with zero attached hydrogens (tertiary/aromatic N) is 1. The number of H-pyrrole nitrogens is 1. The van der Waals surface area contributed by atoms with E-state index >= 15 is 0 Å². The van der Waals surface area contributed by atoms with Crippen molar-refractivity contribution in [2.24, 2.45) is 0 Å². The molecule has 1 atom stereocenters. The van der Waals surface area contributed by atoms with E-state index in [9.17, 15) is 9.90 Å². The van der Waals surface area contributed by atoms with Crippen molar-refractivity contribution in [3.8, 4) is 5.75 Å². The molecule has 0 bridgehead atoms. The molecule has 3 N–H and O–H groups in total. The van der Waals surface area contributed by atoms with Gasteiger partial charge in [0.15, 0.2) is 0 Å². The number of phenolic OH excluding ortho intramolecular Hbond substituents is 1. The van der Waals surface area contributed by atoms with Crippen LogP contribution in [0.15, 0.2) is 23.0 Å². The average molecular weight is 273 g/mol. The van der Waals surface area contributed by atoms with Gasteiger partial charge in [-0.3, -0.25) is 4.79 Å². The lowest BCUT2D eigenvalue weighted by Gasteiger charge is -2.17. The predicted molar refractivity (Wildman–Crippen MR) is 79.2 cm³/mol. The summed E-state index contributed by atoms with van der Waals surface area (Å²) in [5, 5.41) is 12.9. The van der Waals surface area contributed by atoms with E-state index in [-0.39, 0.29) is 17.4 Å². The van der Waals surface area contributed by atoms with Crippen LogP contribution in [0, 0.1) is 20.8 Å². The highest BCUT2D eigenvalue weighted by Gasteiger charge is 2.14. The number of anilines is 1. The maximum atomic E-state index is 12.0. The number of aromatic nitrogens is 2. The third-order valence-electron chi connectivity index (χ3n) is 3.29. The molecule has 106 valence electrons. The molecule has 2 rings (SSSR count). The number of aromatic hydroxyl groups is 1. The van der Waals surface area contributed by atoms with Gasteiger partial charge in [0, 0.05) is 11.8 Å². The molecule has 0 saturated heterocycles. The molecule has 0 spiro atoms. The molecule has 1 unspecified atom stereocenters. The Morgan fingerprint density at radius 3 is 2.60 bits per heavy atom. The monoisotopic (exact) mass is 273 g/mol. The summed E-state index contributed by atoms with van der Waals surface area (Å²) in [6.45, 7) is 7.31. The van der Waals surface area contributed by atoms with Crippen molar-refractivity contribution in [2.75, 3.05) is 5.32 Å². The summed E-state index contributed by atoms with van der Waals surface area (Å²) in [7, 11) is 0. The third kappa shape index (κ3) is 2.82. The molecule has 20 heavy (non-hydrogen) atoms. The Labute approximate surface area is 117 Å². The average Bonchev–Trinajstić information content (AvgIpc) is 2.32. The Morgan fingerprint density at radius 1 is 1.30 bits per heavy atom. The lowest BCUT2D eigenvalue weighted by molar-refractivity contribution is 0.471. The highest BCUT2D eigenvalue weighted by atomic mass is 16.3. The molecule has 5 heteroatoms. The highest BCUT2D eigenvalue weighted by Crippen LogP contribution is 2.24. The Hall–Kier alpha value is -2.30. The zero-order chi connectivity index (χ0) is 14.9. The topological polar surface area (TPSA) is 78.0 Å². The smallest absolute Gasteiger partial charge is 0.256 e. The standard InChI is InChI=1S/C15H19N3O2/c1-8-5-6-12(7-13(8)19)17-10(3)14-9(2)16-11(4)18-15(14)20/h5-7,10,17,19H,1-4H3,(H,16,18,20). The van der Waals surface area contributed by atoms with Crippen LogP contribution in [-0.2, 0) is 0 Å². The van der Waals surface area contributed by atoms with E-state index in [1.165, 1.54) is 0 Å². The van der Waals surface area contributed by atoms with E-state index < -0.39 is 0 Å². The van der Waals surface area contributed by atoms with Gasteiger partial charge in [-0.05, 0) is 39.3 Å². The summed E-state index contributed by atoms with van der Waals surface area (Å²) >= 11 is 0. The van der Waals surface area contributed by atoms with Gasteiger partial charge in [0.2, 0.25) is 0 Å². The minimum absolute atomic E-state index is 0.133. The van der Waals surface area contributed by atoms with Crippen molar-refractivity contribution >= 4 is 5.69 Å². The van der Waals surface area contributed by atoms with Gasteiger partial charge in [0.25, 0.3) is 5.56 Å². The van der Waals surface area contributed by atoms with Gasteiger partial charge in [-0.15, -0.1) is 0 Å². The molecule has 0 aliphatic heterocycles. The number of hydrogen-bond acceptors (Lipinski definition) is 4. The van der Waals surface area contributed by atoms with Gasteiger partial charge in [-0.1, -0.05) is 6.07 Å². The van der Waals surface area contributed by atoms with Crippen LogP contribution in [0.5, 0.6) is 5.75 Å². The maximum Gasteiger partial charge on any atom is 0.256 e. The van der Waals surface area contributed by atoms with Gasteiger partial charge < -0.3 is 15.4 Å². The van der Waals surface area contributed by atoms with E-state index in [2.05, 4.69) is 15.3 Å². The molecule has 0 amide bonds. The number of rotatable bonds is 3. The largest absolute Gasteiger partial charge is 0.508 e. The van der Waals surface area contributed by atoms with Gasteiger partial charge in [0.1, 0.15) is 11.6 Å². The van der Waals surface area contributed by atoms with Crippen molar-refractivity contribution < 1.29 is 5.11 Å². The minimum Gasteiger partial charge on any atom is -0.508 e. The fraction of sp³-hybridized carbons (Fsp3) is 0.333. The summed E-state index contributed by atoms with van der Waals surface area (Å²) in [5.74, 6) is 0.839. The number of aromatic amines is 1. The number of nitrogens with one attached hydrogen (secondary N) is 2. The zero-order valence-electron chi connectivity index (χ0n) is 12.1.